The van der Waals surface area contributed by atoms with Crippen LogP contribution >= 0.6 is 0 Å². The van der Waals surface area contributed by atoms with Gasteiger partial charge in [0.05, 0.1) is 4.90 Å². The van der Waals surface area contributed by atoms with Crippen LogP contribution in [0.4, 0.5) is 21.9 Å². The van der Waals surface area contributed by atoms with Gasteiger partial charge in [-0.2, -0.15) is 0 Å². The molecule has 0 atom stereocenters. The van der Waals surface area contributed by atoms with Crippen LogP contribution in [0, 0.1) is 6.92 Å². The van der Waals surface area contributed by atoms with Crippen molar-refractivity contribution in [3.05, 3.63) is 83.9 Å². The van der Waals surface area contributed by atoms with Gasteiger partial charge in [-0.05, 0) is 61.0 Å². The number of nitrogens with one attached hydrogen (secondary N) is 3. The molecule has 0 aliphatic carbocycles. The Bertz CT molecular complexity index is 1210. The number of urea groups is 1. The number of benzene rings is 3. The third-order valence-corrected chi connectivity index (χ3v) is 5.44. The minimum absolute atomic E-state index is 0.0409. The number of amides is 3. The monoisotopic (exact) mass is 424 g/mol. The molecule has 0 fully saturated rings. The number of aryl methyl sites for hydroxylation is 1. The molecule has 3 aromatic rings. The van der Waals surface area contributed by atoms with Crippen molar-refractivity contribution < 1.29 is 18.0 Å². The van der Waals surface area contributed by atoms with Crippen LogP contribution in [-0.4, -0.2) is 20.4 Å². The summed E-state index contributed by atoms with van der Waals surface area (Å²) in [7, 11) is -3.87. The molecule has 0 spiro atoms. The van der Waals surface area contributed by atoms with Crippen molar-refractivity contribution in [1.29, 1.82) is 0 Å². The number of sulfonamides is 1. The molecular weight excluding hydrogens is 404 g/mol. The molecule has 9 heteroatoms. The van der Waals surface area contributed by atoms with E-state index in [1.165, 1.54) is 30.3 Å². The highest BCUT2D eigenvalue weighted by Gasteiger charge is 2.17. The van der Waals surface area contributed by atoms with Gasteiger partial charge < -0.3 is 16.4 Å². The molecule has 0 aliphatic heterocycles. The highest BCUT2D eigenvalue weighted by molar-refractivity contribution is 7.92. The number of hydrogen-bond acceptors (Lipinski definition) is 4. The second kappa shape index (κ2) is 8.66. The lowest BCUT2D eigenvalue weighted by Crippen LogP contribution is -2.19. The van der Waals surface area contributed by atoms with E-state index >= 15 is 0 Å². The predicted molar refractivity (Wildman–Crippen MR) is 116 cm³/mol. The number of carbonyl (C=O) groups is 2. The molecule has 3 amide bonds. The number of nitrogens with two attached hydrogens (primary N) is 1. The molecule has 5 N–H and O–H groups in total. The molecule has 0 unspecified atom stereocenters. The van der Waals surface area contributed by atoms with E-state index in [4.69, 9.17) is 5.73 Å². The van der Waals surface area contributed by atoms with Crippen LogP contribution < -0.4 is 21.1 Å². The van der Waals surface area contributed by atoms with Crippen molar-refractivity contribution in [2.45, 2.75) is 11.8 Å². The summed E-state index contributed by atoms with van der Waals surface area (Å²) >= 11 is 0. The summed E-state index contributed by atoms with van der Waals surface area (Å²) in [4.78, 5) is 23.5. The molecule has 154 valence electrons. The Morgan fingerprint density at radius 1 is 0.800 bits per heavy atom. The highest BCUT2D eigenvalue weighted by atomic mass is 32.2. The maximum absolute atomic E-state index is 12.7. The van der Waals surface area contributed by atoms with Crippen LogP contribution in [0.1, 0.15) is 15.9 Å². The number of hydrogen-bond donors (Lipinski definition) is 4. The fourth-order valence-electron chi connectivity index (χ4n) is 2.75. The standard InChI is InChI=1S/C21H20N4O4S/c1-14-5-2-9-18(11-14)25-30(28,29)19-10-3-6-15(12-19)20(26)23-16-7-4-8-17(13-16)24-21(22)27/h2-13,25H,1H3,(H,23,26)(H3,22,24,27). The topological polar surface area (TPSA) is 130 Å². The lowest BCUT2D eigenvalue weighted by atomic mass is 10.2. The van der Waals surface area contributed by atoms with Crippen LogP contribution in [0.25, 0.3) is 0 Å². The molecule has 0 radical (unpaired) electrons. The molecule has 8 nitrogen and oxygen atoms in total. The normalized spacial score (nSPS) is 10.8. The summed E-state index contributed by atoms with van der Waals surface area (Å²) in [5.74, 6) is -0.501. The summed E-state index contributed by atoms with van der Waals surface area (Å²) in [5.41, 5.74) is 7.43. The maximum Gasteiger partial charge on any atom is 0.316 e. The number of anilines is 3. The number of rotatable bonds is 6. The van der Waals surface area contributed by atoms with Crippen LogP contribution in [0.2, 0.25) is 0 Å². The fourth-order valence-corrected chi connectivity index (χ4v) is 3.84. The summed E-state index contributed by atoms with van der Waals surface area (Å²) < 4.78 is 27.9. The first-order valence-electron chi connectivity index (χ1n) is 8.90. The molecule has 0 saturated carbocycles. The van der Waals surface area contributed by atoms with Crippen molar-refractivity contribution in [3.8, 4) is 0 Å². The molecule has 0 bridgehead atoms. The van der Waals surface area contributed by atoms with Crippen LogP contribution in [0.15, 0.2) is 77.7 Å². The Hall–Kier alpha value is -3.85. The Morgan fingerprint density at radius 2 is 1.43 bits per heavy atom. The maximum atomic E-state index is 12.7. The van der Waals surface area contributed by atoms with E-state index in [-0.39, 0.29) is 10.5 Å². The number of primary amides is 1. The van der Waals surface area contributed by atoms with Gasteiger partial charge in [0.25, 0.3) is 15.9 Å². The molecule has 3 aromatic carbocycles. The zero-order valence-electron chi connectivity index (χ0n) is 16.0. The Morgan fingerprint density at radius 3 is 2.13 bits per heavy atom. The van der Waals surface area contributed by atoms with E-state index in [2.05, 4.69) is 15.4 Å². The lowest BCUT2D eigenvalue weighted by Gasteiger charge is -2.11. The van der Waals surface area contributed by atoms with Gasteiger partial charge in [-0.25, -0.2) is 13.2 Å². The van der Waals surface area contributed by atoms with E-state index in [0.29, 0.717) is 17.1 Å². The fraction of sp³-hybridized carbons (Fsp3) is 0.0476. The highest BCUT2D eigenvalue weighted by Crippen LogP contribution is 2.20. The van der Waals surface area contributed by atoms with E-state index in [1.807, 2.05) is 13.0 Å². The smallest absolute Gasteiger partial charge is 0.316 e. The summed E-state index contributed by atoms with van der Waals surface area (Å²) in [6.45, 7) is 1.86. The van der Waals surface area contributed by atoms with Crippen molar-refractivity contribution in [3.63, 3.8) is 0 Å². The molecule has 0 aliphatic rings. The average Bonchev–Trinajstić information content (AvgIpc) is 2.67. The van der Waals surface area contributed by atoms with Gasteiger partial charge >= 0.3 is 6.03 Å². The summed E-state index contributed by atoms with van der Waals surface area (Å²) in [6.07, 6.45) is 0. The zero-order chi connectivity index (χ0) is 21.7. The molecule has 0 heterocycles. The predicted octanol–water partition coefficient (Wildman–Crippen LogP) is 3.54. The van der Waals surface area contributed by atoms with Crippen molar-refractivity contribution in [1.82, 2.24) is 0 Å². The second-order valence-electron chi connectivity index (χ2n) is 6.53. The molecule has 3 rings (SSSR count). The summed E-state index contributed by atoms with van der Waals surface area (Å²) in [6, 6.07) is 18.3. The third-order valence-electron chi connectivity index (χ3n) is 4.06. The average molecular weight is 424 g/mol. The van der Waals surface area contributed by atoms with E-state index in [1.54, 1.807) is 36.4 Å². The van der Waals surface area contributed by atoms with Gasteiger partial charge in [0.1, 0.15) is 0 Å². The van der Waals surface area contributed by atoms with Gasteiger partial charge in [-0.15, -0.1) is 0 Å². The Balaban J connectivity index is 1.79. The minimum Gasteiger partial charge on any atom is -0.351 e. The lowest BCUT2D eigenvalue weighted by molar-refractivity contribution is 0.102. The molecule has 30 heavy (non-hydrogen) atoms. The van der Waals surface area contributed by atoms with Crippen LogP contribution in [0.3, 0.4) is 0 Å². The van der Waals surface area contributed by atoms with E-state index < -0.39 is 22.0 Å². The van der Waals surface area contributed by atoms with Gasteiger partial charge in [-0.1, -0.05) is 24.3 Å². The Kier molecular flexibility index (Phi) is 6.03. The first kappa shape index (κ1) is 20.9. The van der Waals surface area contributed by atoms with Crippen molar-refractivity contribution in [2.24, 2.45) is 5.73 Å². The molecule has 0 saturated heterocycles. The quantitative estimate of drug-likeness (QED) is 0.482. The van der Waals surface area contributed by atoms with Gasteiger partial charge in [0.15, 0.2) is 0 Å². The second-order valence-corrected chi connectivity index (χ2v) is 8.21. The summed E-state index contributed by atoms with van der Waals surface area (Å²) in [5, 5.41) is 5.08. The molecular formula is C21H20N4O4S. The first-order valence-corrected chi connectivity index (χ1v) is 10.4. The molecule has 0 aromatic heterocycles. The van der Waals surface area contributed by atoms with Gasteiger partial charge in [0, 0.05) is 22.6 Å². The largest absolute Gasteiger partial charge is 0.351 e. The van der Waals surface area contributed by atoms with Crippen molar-refractivity contribution in [2.75, 3.05) is 15.4 Å². The minimum atomic E-state index is -3.87. The van der Waals surface area contributed by atoms with Crippen LogP contribution in [0.5, 0.6) is 0 Å². The third kappa shape index (κ3) is 5.36. The van der Waals surface area contributed by atoms with Gasteiger partial charge in [0.2, 0.25) is 0 Å². The number of carbonyl (C=O) groups excluding carboxylic acids is 2. The van der Waals surface area contributed by atoms with E-state index in [0.717, 1.165) is 5.56 Å². The SMILES string of the molecule is Cc1cccc(NS(=O)(=O)c2cccc(C(=O)Nc3cccc(NC(N)=O)c3)c2)c1. The van der Waals surface area contributed by atoms with Crippen molar-refractivity contribution >= 4 is 39.0 Å². The first-order chi connectivity index (χ1) is 14.2. The zero-order valence-corrected chi connectivity index (χ0v) is 16.9. The Labute approximate surface area is 174 Å². The van der Waals surface area contributed by atoms with Gasteiger partial charge in [-0.3, -0.25) is 9.52 Å². The van der Waals surface area contributed by atoms with Crippen LogP contribution in [-0.2, 0) is 10.0 Å². The van der Waals surface area contributed by atoms with E-state index in [9.17, 15) is 18.0 Å².